The summed E-state index contributed by atoms with van der Waals surface area (Å²) in [6, 6.07) is 10.4. The van der Waals surface area contributed by atoms with Crippen molar-refractivity contribution in [2.75, 3.05) is 6.54 Å². The molecule has 0 radical (unpaired) electrons. The van der Waals surface area contributed by atoms with Crippen molar-refractivity contribution >= 4 is 5.97 Å². The summed E-state index contributed by atoms with van der Waals surface area (Å²) in [5.41, 5.74) is 1.32. The predicted molar refractivity (Wildman–Crippen MR) is 73.5 cm³/mol. The maximum absolute atomic E-state index is 10.3. The number of hydrogen-bond acceptors (Lipinski definition) is 2. The number of benzene rings is 1. The second-order valence-electron chi connectivity index (χ2n) is 4.57. The third-order valence-corrected chi connectivity index (χ3v) is 2.92. The van der Waals surface area contributed by atoms with Crippen molar-refractivity contribution in [3.63, 3.8) is 0 Å². The smallest absolute Gasteiger partial charge is 0.303 e. The Morgan fingerprint density at radius 2 is 1.67 bits per heavy atom. The summed E-state index contributed by atoms with van der Waals surface area (Å²) in [5.74, 6) is -0.681. The van der Waals surface area contributed by atoms with E-state index in [1.54, 1.807) is 0 Å². The highest BCUT2D eigenvalue weighted by Gasteiger charge is 1.96. The molecular weight excluding hydrogens is 226 g/mol. The van der Waals surface area contributed by atoms with Gasteiger partial charge in [0.15, 0.2) is 0 Å². The number of carboxylic acid groups (broad SMARTS) is 1. The van der Waals surface area contributed by atoms with Gasteiger partial charge < -0.3 is 10.4 Å². The Hall–Kier alpha value is -1.35. The highest BCUT2D eigenvalue weighted by Crippen LogP contribution is 2.05. The fraction of sp³-hybridized carbons (Fsp3) is 0.533. The van der Waals surface area contributed by atoms with E-state index in [1.165, 1.54) is 18.4 Å². The van der Waals surface area contributed by atoms with Crippen molar-refractivity contribution in [1.82, 2.24) is 5.32 Å². The molecule has 100 valence electrons. The minimum atomic E-state index is -0.681. The van der Waals surface area contributed by atoms with Gasteiger partial charge in [-0.25, -0.2) is 0 Å². The third-order valence-electron chi connectivity index (χ3n) is 2.92. The first-order valence-corrected chi connectivity index (χ1v) is 6.75. The van der Waals surface area contributed by atoms with Gasteiger partial charge in [-0.05, 0) is 24.9 Å². The number of nitrogens with one attached hydrogen (secondary N) is 1. The van der Waals surface area contributed by atoms with E-state index < -0.39 is 5.97 Å². The van der Waals surface area contributed by atoms with Crippen LogP contribution < -0.4 is 5.32 Å². The molecule has 0 aliphatic rings. The van der Waals surface area contributed by atoms with Crippen LogP contribution in [0.1, 0.15) is 44.1 Å². The van der Waals surface area contributed by atoms with Crippen LogP contribution in [0.4, 0.5) is 0 Å². The average Bonchev–Trinajstić information content (AvgIpc) is 2.37. The molecule has 1 aromatic rings. The number of carbonyl (C=O) groups is 1. The number of rotatable bonds is 10. The van der Waals surface area contributed by atoms with Crippen molar-refractivity contribution in [2.24, 2.45) is 0 Å². The lowest BCUT2D eigenvalue weighted by molar-refractivity contribution is -0.137. The minimum absolute atomic E-state index is 0.312. The number of aliphatic carboxylic acids is 1. The van der Waals surface area contributed by atoms with Crippen LogP contribution in [-0.4, -0.2) is 17.6 Å². The van der Waals surface area contributed by atoms with Crippen LogP contribution in [0, 0.1) is 0 Å². The van der Waals surface area contributed by atoms with Crippen LogP contribution in [-0.2, 0) is 11.3 Å². The maximum atomic E-state index is 10.3. The molecule has 0 bridgehead atoms. The highest BCUT2D eigenvalue weighted by atomic mass is 16.4. The van der Waals surface area contributed by atoms with Crippen LogP contribution in [0.5, 0.6) is 0 Å². The monoisotopic (exact) mass is 249 g/mol. The van der Waals surface area contributed by atoms with Crippen molar-refractivity contribution < 1.29 is 9.90 Å². The zero-order chi connectivity index (χ0) is 13.1. The third kappa shape index (κ3) is 7.85. The first kappa shape index (κ1) is 14.7. The van der Waals surface area contributed by atoms with Gasteiger partial charge in [-0.3, -0.25) is 4.79 Å². The van der Waals surface area contributed by atoms with E-state index in [9.17, 15) is 4.79 Å². The summed E-state index contributed by atoms with van der Waals surface area (Å²) in [7, 11) is 0. The molecule has 0 saturated heterocycles. The molecule has 0 fully saturated rings. The Morgan fingerprint density at radius 1 is 1.00 bits per heavy atom. The van der Waals surface area contributed by atoms with Crippen molar-refractivity contribution in [2.45, 2.75) is 45.1 Å². The topological polar surface area (TPSA) is 49.3 Å². The van der Waals surface area contributed by atoms with Crippen LogP contribution in [0.15, 0.2) is 30.3 Å². The summed E-state index contributed by atoms with van der Waals surface area (Å²) in [4.78, 5) is 10.3. The Labute approximate surface area is 109 Å². The van der Waals surface area contributed by atoms with E-state index >= 15 is 0 Å². The number of carboxylic acids is 1. The van der Waals surface area contributed by atoms with Gasteiger partial charge in [0.2, 0.25) is 0 Å². The quantitative estimate of drug-likeness (QED) is 0.626. The van der Waals surface area contributed by atoms with Gasteiger partial charge in [0, 0.05) is 13.0 Å². The summed E-state index contributed by atoms with van der Waals surface area (Å²) >= 11 is 0. The van der Waals surface area contributed by atoms with Crippen LogP contribution >= 0.6 is 0 Å². The van der Waals surface area contributed by atoms with Crippen molar-refractivity contribution in [3.8, 4) is 0 Å². The lowest BCUT2D eigenvalue weighted by atomic mass is 10.1. The van der Waals surface area contributed by atoms with Gasteiger partial charge >= 0.3 is 5.97 Å². The Kier molecular flexibility index (Phi) is 7.89. The van der Waals surface area contributed by atoms with Crippen LogP contribution in [0.3, 0.4) is 0 Å². The first-order chi connectivity index (χ1) is 8.79. The lowest BCUT2D eigenvalue weighted by Gasteiger charge is -2.04. The molecule has 0 atom stereocenters. The fourth-order valence-electron chi connectivity index (χ4n) is 1.89. The van der Waals surface area contributed by atoms with Crippen LogP contribution in [0.25, 0.3) is 0 Å². The van der Waals surface area contributed by atoms with Crippen LogP contribution in [0.2, 0.25) is 0 Å². The molecule has 1 rings (SSSR count). The number of hydrogen-bond donors (Lipinski definition) is 2. The van der Waals surface area contributed by atoms with Gasteiger partial charge in [-0.1, -0.05) is 49.6 Å². The van der Waals surface area contributed by atoms with E-state index in [-0.39, 0.29) is 0 Å². The molecule has 0 heterocycles. The molecule has 2 N–H and O–H groups in total. The lowest BCUT2D eigenvalue weighted by Crippen LogP contribution is -2.14. The van der Waals surface area contributed by atoms with E-state index in [0.717, 1.165) is 32.4 Å². The Balaban J connectivity index is 1.86. The molecule has 0 amide bonds. The fourth-order valence-corrected chi connectivity index (χ4v) is 1.89. The molecule has 0 unspecified atom stereocenters. The van der Waals surface area contributed by atoms with Gasteiger partial charge in [0.25, 0.3) is 0 Å². The van der Waals surface area contributed by atoms with Crippen molar-refractivity contribution in [3.05, 3.63) is 35.9 Å². The molecule has 0 aliphatic heterocycles. The van der Waals surface area contributed by atoms with Gasteiger partial charge in [-0.15, -0.1) is 0 Å². The highest BCUT2D eigenvalue weighted by molar-refractivity contribution is 5.66. The Bertz CT molecular complexity index is 325. The first-order valence-electron chi connectivity index (χ1n) is 6.75. The molecule has 0 spiro atoms. The molecule has 1 aromatic carbocycles. The van der Waals surface area contributed by atoms with E-state index in [1.807, 2.05) is 6.07 Å². The second-order valence-corrected chi connectivity index (χ2v) is 4.57. The molecule has 0 aromatic heterocycles. The predicted octanol–water partition coefficient (Wildman–Crippen LogP) is 3.20. The van der Waals surface area contributed by atoms with E-state index in [0.29, 0.717) is 6.42 Å². The van der Waals surface area contributed by atoms with E-state index in [2.05, 4.69) is 29.6 Å². The summed E-state index contributed by atoms with van der Waals surface area (Å²) in [6.07, 6.45) is 5.64. The van der Waals surface area contributed by atoms with Crippen molar-refractivity contribution in [1.29, 1.82) is 0 Å². The molecule has 0 saturated carbocycles. The Morgan fingerprint density at radius 3 is 2.39 bits per heavy atom. The molecule has 0 aliphatic carbocycles. The molecular formula is C15H23NO2. The van der Waals surface area contributed by atoms with Gasteiger partial charge in [0.1, 0.15) is 0 Å². The molecule has 3 nitrogen and oxygen atoms in total. The second kappa shape index (κ2) is 9.66. The summed E-state index contributed by atoms with van der Waals surface area (Å²) in [5, 5.41) is 11.9. The van der Waals surface area contributed by atoms with Gasteiger partial charge in [-0.2, -0.15) is 0 Å². The normalized spacial score (nSPS) is 10.4. The molecule has 18 heavy (non-hydrogen) atoms. The summed E-state index contributed by atoms with van der Waals surface area (Å²) in [6.45, 7) is 1.97. The summed E-state index contributed by atoms with van der Waals surface area (Å²) < 4.78 is 0. The maximum Gasteiger partial charge on any atom is 0.303 e. The average molecular weight is 249 g/mol. The largest absolute Gasteiger partial charge is 0.481 e. The zero-order valence-electron chi connectivity index (χ0n) is 10.9. The minimum Gasteiger partial charge on any atom is -0.481 e. The zero-order valence-corrected chi connectivity index (χ0v) is 10.9. The molecule has 3 heteroatoms. The number of unbranched alkanes of at least 4 members (excludes halogenated alkanes) is 4. The van der Waals surface area contributed by atoms with Gasteiger partial charge in [0.05, 0.1) is 0 Å². The SMILES string of the molecule is O=C(O)CCCCCCCNCc1ccccc1. The van der Waals surface area contributed by atoms with E-state index in [4.69, 9.17) is 5.11 Å². The standard InChI is InChI=1S/C15H23NO2/c17-15(18)11-7-2-1-3-8-12-16-13-14-9-5-4-6-10-14/h4-6,9-10,16H,1-3,7-8,11-13H2,(H,17,18).